The monoisotopic (exact) mass is 282 g/mol. The lowest BCUT2D eigenvalue weighted by molar-refractivity contribution is -0.139. The summed E-state index contributed by atoms with van der Waals surface area (Å²) in [6.07, 6.45) is 1.75. The van der Waals surface area contributed by atoms with Gasteiger partial charge < -0.3 is 10.1 Å². The van der Waals surface area contributed by atoms with Gasteiger partial charge in [0, 0.05) is 12.7 Å². The molecule has 0 bridgehead atoms. The van der Waals surface area contributed by atoms with Gasteiger partial charge in [-0.25, -0.2) is 4.98 Å². The summed E-state index contributed by atoms with van der Waals surface area (Å²) < 4.78 is 4.91. The van der Waals surface area contributed by atoms with Crippen LogP contribution in [0.3, 0.4) is 0 Å². The Bertz CT molecular complexity index is 397. The summed E-state index contributed by atoms with van der Waals surface area (Å²) in [4.78, 5) is 15.7. The van der Waals surface area contributed by atoms with E-state index in [-0.39, 0.29) is 5.97 Å². The molecule has 0 radical (unpaired) electrons. The molecule has 4 nitrogen and oxygen atoms in total. The van der Waals surface area contributed by atoms with E-state index in [1.165, 1.54) is 11.8 Å². The highest BCUT2D eigenvalue weighted by Crippen LogP contribution is 2.19. The number of carbonyl (C=O) groups excluding carboxylic acids is 1. The van der Waals surface area contributed by atoms with E-state index in [1.807, 2.05) is 19.1 Å². The number of hydrogen-bond donors (Lipinski definition) is 1. The molecule has 0 aromatic carbocycles. The van der Waals surface area contributed by atoms with Crippen molar-refractivity contribution in [3.63, 3.8) is 0 Å². The molecule has 0 aliphatic carbocycles. The van der Waals surface area contributed by atoms with Crippen LogP contribution in [0.2, 0.25) is 0 Å². The van der Waals surface area contributed by atoms with Crippen LogP contribution in [-0.2, 0) is 16.1 Å². The number of thioether (sulfide) groups is 1. The number of nitrogens with zero attached hydrogens (tertiary/aromatic N) is 1. The molecule has 1 heterocycles. The molecule has 1 aromatic heterocycles. The predicted molar refractivity (Wildman–Crippen MR) is 78.1 cm³/mol. The van der Waals surface area contributed by atoms with Crippen molar-refractivity contribution in [3.8, 4) is 0 Å². The minimum atomic E-state index is -0.195. The molecular formula is C14H22N2O2S. The zero-order valence-electron chi connectivity index (χ0n) is 11.8. The first-order chi connectivity index (χ1) is 9.13. The van der Waals surface area contributed by atoms with E-state index in [4.69, 9.17) is 4.74 Å². The molecule has 1 N–H and O–H groups in total. The van der Waals surface area contributed by atoms with Crippen LogP contribution >= 0.6 is 11.8 Å². The molecule has 0 fully saturated rings. The maximum absolute atomic E-state index is 11.3. The number of esters is 1. The first-order valence-corrected chi connectivity index (χ1v) is 7.55. The van der Waals surface area contributed by atoms with E-state index in [1.54, 1.807) is 6.20 Å². The maximum atomic E-state index is 11.3. The van der Waals surface area contributed by atoms with Crippen molar-refractivity contribution < 1.29 is 9.53 Å². The van der Waals surface area contributed by atoms with Crippen LogP contribution in [0.1, 0.15) is 26.3 Å². The first-order valence-electron chi connectivity index (χ1n) is 6.56. The fourth-order valence-electron chi connectivity index (χ4n) is 1.51. The van der Waals surface area contributed by atoms with Crippen molar-refractivity contribution >= 4 is 17.7 Å². The highest BCUT2D eigenvalue weighted by Gasteiger charge is 2.08. The summed E-state index contributed by atoms with van der Waals surface area (Å²) in [7, 11) is 0. The van der Waals surface area contributed by atoms with E-state index in [0.717, 1.165) is 23.7 Å². The Labute approximate surface area is 119 Å². The Morgan fingerprint density at radius 1 is 1.53 bits per heavy atom. The molecule has 106 valence electrons. The molecule has 0 saturated carbocycles. The zero-order chi connectivity index (χ0) is 14.1. The van der Waals surface area contributed by atoms with Gasteiger partial charge in [0.25, 0.3) is 0 Å². The molecule has 19 heavy (non-hydrogen) atoms. The molecule has 0 aliphatic heterocycles. The van der Waals surface area contributed by atoms with E-state index < -0.39 is 0 Å². The summed E-state index contributed by atoms with van der Waals surface area (Å²) >= 11 is 1.43. The average Bonchev–Trinajstić information content (AvgIpc) is 2.37. The zero-order valence-corrected chi connectivity index (χ0v) is 12.6. The Balaban J connectivity index is 2.50. The van der Waals surface area contributed by atoms with E-state index in [9.17, 15) is 4.79 Å². The number of pyridine rings is 1. The molecular weight excluding hydrogens is 260 g/mol. The molecule has 0 unspecified atom stereocenters. The summed E-state index contributed by atoms with van der Waals surface area (Å²) in [5.41, 5.74) is 1.12. The van der Waals surface area contributed by atoms with Crippen LogP contribution in [0.15, 0.2) is 23.4 Å². The lowest BCUT2D eigenvalue weighted by Gasteiger charge is -2.10. The molecule has 0 spiro atoms. The summed E-state index contributed by atoms with van der Waals surface area (Å²) in [5.74, 6) is 0.730. The van der Waals surface area contributed by atoms with Crippen LogP contribution in [0, 0.1) is 5.92 Å². The molecule has 0 atom stereocenters. The van der Waals surface area contributed by atoms with Gasteiger partial charge in [0.1, 0.15) is 5.03 Å². The van der Waals surface area contributed by atoms with Gasteiger partial charge in [-0.3, -0.25) is 4.79 Å². The highest BCUT2D eigenvalue weighted by molar-refractivity contribution is 7.99. The Morgan fingerprint density at radius 3 is 3.00 bits per heavy atom. The molecule has 1 aromatic rings. The topological polar surface area (TPSA) is 51.2 Å². The van der Waals surface area contributed by atoms with Crippen LogP contribution in [0.25, 0.3) is 0 Å². The molecule has 1 rings (SSSR count). The van der Waals surface area contributed by atoms with Gasteiger partial charge in [-0.2, -0.15) is 0 Å². The van der Waals surface area contributed by atoms with Crippen LogP contribution < -0.4 is 5.32 Å². The van der Waals surface area contributed by atoms with Gasteiger partial charge in [0.2, 0.25) is 0 Å². The SMILES string of the molecule is CCOC(=O)CSc1ncccc1CNCC(C)C. The quantitative estimate of drug-likeness (QED) is 0.586. The molecule has 0 saturated heterocycles. The van der Waals surface area contributed by atoms with E-state index >= 15 is 0 Å². The van der Waals surface area contributed by atoms with Gasteiger partial charge in [-0.1, -0.05) is 31.7 Å². The Kier molecular flexibility index (Phi) is 7.52. The van der Waals surface area contributed by atoms with Gasteiger partial charge in [0.05, 0.1) is 12.4 Å². The van der Waals surface area contributed by atoms with Crippen molar-refractivity contribution in [2.45, 2.75) is 32.3 Å². The minimum Gasteiger partial charge on any atom is -0.465 e. The van der Waals surface area contributed by atoms with Crippen molar-refractivity contribution in [2.75, 3.05) is 18.9 Å². The van der Waals surface area contributed by atoms with Crippen LogP contribution in [0.5, 0.6) is 0 Å². The lowest BCUT2D eigenvalue weighted by atomic mass is 10.2. The third-order valence-electron chi connectivity index (χ3n) is 2.35. The molecule has 0 amide bonds. The van der Waals surface area contributed by atoms with E-state index in [0.29, 0.717) is 18.3 Å². The maximum Gasteiger partial charge on any atom is 0.316 e. The average molecular weight is 282 g/mol. The van der Waals surface area contributed by atoms with E-state index in [2.05, 4.69) is 24.1 Å². The Morgan fingerprint density at radius 2 is 2.32 bits per heavy atom. The predicted octanol–water partition coefficient (Wildman–Crippen LogP) is 2.48. The second-order valence-electron chi connectivity index (χ2n) is 4.59. The molecule has 0 aliphatic rings. The number of hydrogen-bond acceptors (Lipinski definition) is 5. The smallest absolute Gasteiger partial charge is 0.316 e. The number of carbonyl (C=O) groups is 1. The minimum absolute atomic E-state index is 0.195. The fourth-order valence-corrected chi connectivity index (χ4v) is 2.31. The number of ether oxygens (including phenoxy) is 1. The van der Waals surface area contributed by atoms with Gasteiger partial charge in [-0.05, 0) is 31.0 Å². The largest absolute Gasteiger partial charge is 0.465 e. The fraction of sp³-hybridized carbons (Fsp3) is 0.571. The van der Waals surface area contributed by atoms with Crippen molar-refractivity contribution in [2.24, 2.45) is 5.92 Å². The second-order valence-corrected chi connectivity index (χ2v) is 5.55. The summed E-state index contributed by atoms with van der Waals surface area (Å²) in [6.45, 7) is 8.32. The first kappa shape index (κ1) is 16.0. The van der Waals surface area contributed by atoms with Gasteiger partial charge in [0.15, 0.2) is 0 Å². The Hall–Kier alpha value is -1.07. The van der Waals surface area contributed by atoms with Crippen molar-refractivity contribution in [3.05, 3.63) is 23.9 Å². The number of aromatic nitrogens is 1. The van der Waals surface area contributed by atoms with Crippen LogP contribution in [0.4, 0.5) is 0 Å². The van der Waals surface area contributed by atoms with Crippen LogP contribution in [-0.4, -0.2) is 29.9 Å². The van der Waals surface area contributed by atoms with Crippen molar-refractivity contribution in [1.29, 1.82) is 0 Å². The van der Waals surface area contributed by atoms with Crippen molar-refractivity contribution in [1.82, 2.24) is 10.3 Å². The third-order valence-corrected chi connectivity index (χ3v) is 3.37. The third kappa shape index (κ3) is 6.59. The van der Waals surface area contributed by atoms with Gasteiger partial charge >= 0.3 is 5.97 Å². The van der Waals surface area contributed by atoms with Gasteiger partial charge in [-0.15, -0.1) is 0 Å². The highest BCUT2D eigenvalue weighted by atomic mass is 32.2. The number of rotatable bonds is 8. The second kappa shape index (κ2) is 8.93. The lowest BCUT2D eigenvalue weighted by Crippen LogP contribution is -2.19. The normalized spacial score (nSPS) is 10.7. The standard InChI is InChI=1S/C14H22N2O2S/c1-4-18-13(17)10-19-14-12(6-5-7-16-14)9-15-8-11(2)3/h5-7,11,15H,4,8-10H2,1-3H3. The number of nitrogens with one attached hydrogen (secondary N) is 1. The summed E-state index contributed by atoms with van der Waals surface area (Å²) in [6, 6.07) is 3.95. The molecule has 5 heteroatoms. The summed E-state index contributed by atoms with van der Waals surface area (Å²) in [5, 5.41) is 4.28.